The molecule has 0 unspecified atom stereocenters. The molecule has 2 N–H and O–H groups in total. The Balaban J connectivity index is 1.82. The fourth-order valence-electron chi connectivity index (χ4n) is 2.59. The molecule has 0 radical (unpaired) electrons. The number of benzene rings is 1. The summed E-state index contributed by atoms with van der Waals surface area (Å²) in [5.74, 6) is 0.117. The number of hydrogen-bond acceptors (Lipinski definition) is 6. The Bertz CT molecular complexity index is 870. The van der Waals surface area contributed by atoms with Crippen LogP contribution in [0.5, 0.6) is 0 Å². The van der Waals surface area contributed by atoms with Crippen LogP contribution in [0.15, 0.2) is 41.9 Å². The minimum Gasteiger partial charge on any atom is -0.369 e. The Hall–Kier alpha value is -2.56. The van der Waals surface area contributed by atoms with E-state index in [0.717, 1.165) is 10.4 Å². The summed E-state index contributed by atoms with van der Waals surface area (Å²) in [6, 6.07) is 9.49. The van der Waals surface area contributed by atoms with Crippen molar-refractivity contribution in [3.8, 4) is 6.07 Å². The van der Waals surface area contributed by atoms with Gasteiger partial charge in [-0.25, -0.2) is 4.98 Å². The first-order chi connectivity index (χ1) is 12.1. The maximum Gasteiger partial charge on any atom is 0.270 e. The second kappa shape index (κ2) is 7.55. The van der Waals surface area contributed by atoms with Crippen LogP contribution >= 0.6 is 22.9 Å². The van der Waals surface area contributed by atoms with Crippen LogP contribution in [0, 0.1) is 18.3 Å². The molecule has 25 heavy (non-hydrogen) atoms. The molecule has 1 aliphatic rings. The highest BCUT2D eigenvalue weighted by Gasteiger charge is 2.25. The van der Waals surface area contributed by atoms with E-state index in [4.69, 9.17) is 11.6 Å². The Kier molecular flexibility index (Phi) is 5.22. The van der Waals surface area contributed by atoms with Gasteiger partial charge in [0.15, 0.2) is 10.0 Å². The lowest BCUT2D eigenvalue weighted by atomic mass is 10.2. The molecule has 128 valence electrons. The summed E-state index contributed by atoms with van der Waals surface area (Å²) in [5.41, 5.74) is 1.70. The maximum absolute atomic E-state index is 12.6. The summed E-state index contributed by atoms with van der Waals surface area (Å²) < 4.78 is 0.477. The SMILES string of the molecule is Cc1ccccc1NC(=O)/C(C#N)=C1/NCCN1Cc1cnc(Cl)s1. The molecule has 0 saturated carbocycles. The van der Waals surface area contributed by atoms with E-state index in [9.17, 15) is 10.1 Å². The van der Waals surface area contributed by atoms with Gasteiger partial charge in [0.2, 0.25) is 0 Å². The van der Waals surface area contributed by atoms with Crippen molar-refractivity contribution in [1.29, 1.82) is 5.26 Å². The molecule has 0 atom stereocenters. The van der Waals surface area contributed by atoms with Gasteiger partial charge in [0.1, 0.15) is 11.9 Å². The predicted octanol–water partition coefficient (Wildman–Crippen LogP) is 2.88. The van der Waals surface area contributed by atoms with Crippen molar-refractivity contribution >= 4 is 34.5 Å². The first-order valence-corrected chi connectivity index (χ1v) is 8.88. The lowest BCUT2D eigenvalue weighted by Gasteiger charge is -2.19. The number of aryl methyl sites for hydroxylation is 1. The van der Waals surface area contributed by atoms with Crippen LogP contribution in [0.2, 0.25) is 4.47 Å². The van der Waals surface area contributed by atoms with Crippen LogP contribution in [0.4, 0.5) is 5.69 Å². The monoisotopic (exact) mass is 373 g/mol. The number of aromatic nitrogens is 1. The predicted molar refractivity (Wildman–Crippen MR) is 98.0 cm³/mol. The van der Waals surface area contributed by atoms with Crippen LogP contribution in [0.25, 0.3) is 0 Å². The van der Waals surface area contributed by atoms with Crippen molar-refractivity contribution < 1.29 is 4.79 Å². The average molecular weight is 374 g/mol. The number of nitrogens with one attached hydrogen (secondary N) is 2. The Morgan fingerprint density at radius 2 is 2.32 bits per heavy atom. The van der Waals surface area contributed by atoms with E-state index >= 15 is 0 Å². The number of thiazole rings is 1. The zero-order valence-electron chi connectivity index (χ0n) is 13.5. The molecule has 3 rings (SSSR count). The van der Waals surface area contributed by atoms with Gasteiger partial charge >= 0.3 is 0 Å². The second-order valence-electron chi connectivity index (χ2n) is 5.53. The molecule has 2 heterocycles. The summed E-state index contributed by atoms with van der Waals surface area (Å²) in [6.45, 7) is 3.83. The van der Waals surface area contributed by atoms with Gasteiger partial charge < -0.3 is 15.5 Å². The van der Waals surface area contributed by atoms with E-state index in [2.05, 4.69) is 15.6 Å². The molecule has 0 aliphatic carbocycles. The highest BCUT2D eigenvalue weighted by molar-refractivity contribution is 7.15. The Morgan fingerprint density at radius 1 is 1.52 bits per heavy atom. The van der Waals surface area contributed by atoms with Crippen LogP contribution in [-0.4, -0.2) is 28.9 Å². The van der Waals surface area contributed by atoms with Gasteiger partial charge in [0.05, 0.1) is 6.54 Å². The molecule has 8 heteroatoms. The van der Waals surface area contributed by atoms with Gasteiger partial charge in [-0.05, 0) is 18.6 Å². The third-order valence-corrected chi connectivity index (χ3v) is 4.93. The third kappa shape index (κ3) is 3.92. The molecule has 0 spiro atoms. The van der Waals surface area contributed by atoms with E-state index in [1.165, 1.54) is 11.3 Å². The number of hydrogen-bond donors (Lipinski definition) is 2. The quantitative estimate of drug-likeness (QED) is 0.636. The zero-order chi connectivity index (χ0) is 17.8. The lowest BCUT2D eigenvalue weighted by molar-refractivity contribution is -0.112. The van der Waals surface area contributed by atoms with Crippen LogP contribution < -0.4 is 10.6 Å². The zero-order valence-corrected chi connectivity index (χ0v) is 15.1. The van der Waals surface area contributed by atoms with Gasteiger partial charge in [-0.2, -0.15) is 5.26 Å². The molecular formula is C17H16ClN5OS. The molecule has 1 amide bonds. The third-order valence-electron chi connectivity index (χ3n) is 3.83. The van der Waals surface area contributed by atoms with Gasteiger partial charge in [0, 0.05) is 29.9 Å². The van der Waals surface area contributed by atoms with Crippen LogP contribution in [-0.2, 0) is 11.3 Å². The first kappa shape index (κ1) is 17.3. The fourth-order valence-corrected chi connectivity index (χ4v) is 3.59. The summed E-state index contributed by atoms with van der Waals surface area (Å²) in [7, 11) is 0. The van der Waals surface area contributed by atoms with Crippen molar-refractivity contribution in [3.63, 3.8) is 0 Å². The molecule has 6 nitrogen and oxygen atoms in total. The van der Waals surface area contributed by atoms with Gasteiger partial charge in [-0.1, -0.05) is 29.8 Å². The van der Waals surface area contributed by atoms with E-state index in [1.807, 2.05) is 42.2 Å². The number of para-hydroxylation sites is 1. The summed E-state index contributed by atoms with van der Waals surface area (Å²) >= 11 is 7.26. The summed E-state index contributed by atoms with van der Waals surface area (Å²) in [4.78, 5) is 19.6. The molecule has 1 fully saturated rings. The van der Waals surface area contributed by atoms with E-state index < -0.39 is 5.91 Å². The summed E-state index contributed by atoms with van der Waals surface area (Å²) in [6.07, 6.45) is 1.71. The number of halogens is 1. The second-order valence-corrected chi connectivity index (χ2v) is 7.23. The number of carbonyl (C=O) groups excluding carboxylic acids is 1. The van der Waals surface area contributed by atoms with Gasteiger partial charge in [-0.15, -0.1) is 11.3 Å². The highest BCUT2D eigenvalue weighted by Crippen LogP contribution is 2.23. The van der Waals surface area contributed by atoms with Crippen molar-refractivity contribution in [1.82, 2.24) is 15.2 Å². The summed E-state index contributed by atoms with van der Waals surface area (Å²) in [5, 5.41) is 15.5. The first-order valence-electron chi connectivity index (χ1n) is 7.69. The Labute approximate surface area is 154 Å². The van der Waals surface area contributed by atoms with Gasteiger partial charge in [0.25, 0.3) is 5.91 Å². The van der Waals surface area contributed by atoms with Crippen molar-refractivity contribution in [2.75, 3.05) is 18.4 Å². The molecule has 2 aromatic rings. The molecule has 1 aliphatic heterocycles. The smallest absolute Gasteiger partial charge is 0.270 e. The normalized spacial score (nSPS) is 15.5. The minimum atomic E-state index is -0.423. The number of anilines is 1. The molecule has 0 bridgehead atoms. The number of nitriles is 1. The van der Waals surface area contributed by atoms with E-state index in [-0.39, 0.29) is 5.57 Å². The molecule has 1 saturated heterocycles. The minimum absolute atomic E-state index is 0.0661. The van der Waals surface area contributed by atoms with Crippen molar-refractivity contribution in [3.05, 3.63) is 56.8 Å². The van der Waals surface area contributed by atoms with Crippen molar-refractivity contribution in [2.24, 2.45) is 0 Å². The largest absolute Gasteiger partial charge is 0.369 e. The number of rotatable bonds is 4. The Morgan fingerprint density at radius 3 is 3.00 bits per heavy atom. The maximum atomic E-state index is 12.6. The van der Waals surface area contributed by atoms with E-state index in [0.29, 0.717) is 35.6 Å². The highest BCUT2D eigenvalue weighted by atomic mass is 35.5. The molecular weight excluding hydrogens is 358 g/mol. The number of nitrogens with zero attached hydrogens (tertiary/aromatic N) is 3. The molecule has 1 aromatic carbocycles. The van der Waals surface area contributed by atoms with Crippen LogP contribution in [0.1, 0.15) is 10.4 Å². The number of amides is 1. The topological polar surface area (TPSA) is 81.0 Å². The average Bonchev–Trinajstić information content (AvgIpc) is 3.20. The number of carbonyl (C=O) groups is 1. The molecule has 1 aromatic heterocycles. The fraction of sp³-hybridized carbons (Fsp3) is 0.235. The van der Waals surface area contributed by atoms with Crippen molar-refractivity contribution in [2.45, 2.75) is 13.5 Å². The van der Waals surface area contributed by atoms with E-state index in [1.54, 1.807) is 6.20 Å². The standard InChI is InChI=1S/C17H16ClN5OS/c1-11-4-2-3-5-14(11)22-16(24)13(8-19)15-20-6-7-23(15)10-12-9-21-17(18)25-12/h2-5,9,20H,6-7,10H2,1H3,(H,22,24)/b15-13-. The lowest BCUT2D eigenvalue weighted by Crippen LogP contribution is -2.26. The van der Waals surface area contributed by atoms with Crippen LogP contribution in [0.3, 0.4) is 0 Å². The van der Waals surface area contributed by atoms with Gasteiger partial charge in [-0.3, -0.25) is 4.79 Å².